The summed E-state index contributed by atoms with van der Waals surface area (Å²) in [6.07, 6.45) is 5.57. The van der Waals surface area contributed by atoms with E-state index in [1.807, 2.05) is 0 Å². The minimum Gasteiger partial charge on any atom is -0.481 e. The van der Waals surface area contributed by atoms with Crippen LogP contribution in [-0.4, -0.2) is 35.1 Å². The van der Waals surface area contributed by atoms with Crippen LogP contribution in [0.1, 0.15) is 46.0 Å². The topological polar surface area (TPSA) is 40.5 Å². The minimum absolute atomic E-state index is 0.321. The van der Waals surface area contributed by atoms with E-state index in [9.17, 15) is 4.79 Å². The van der Waals surface area contributed by atoms with Crippen LogP contribution in [0.15, 0.2) is 0 Å². The number of carbonyl (C=O) groups is 1. The maximum atomic E-state index is 10.8. The SMILES string of the molecule is CC(CC(=O)O)C1CCCN(C(C)C2CC2)C1. The average Bonchev–Trinajstić information content (AvgIpc) is 3.11. The summed E-state index contributed by atoms with van der Waals surface area (Å²) < 4.78 is 0. The van der Waals surface area contributed by atoms with Crippen molar-refractivity contribution < 1.29 is 9.90 Å². The smallest absolute Gasteiger partial charge is 0.303 e. The predicted octanol–water partition coefficient (Wildman–Crippen LogP) is 2.61. The van der Waals surface area contributed by atoms with Crippen molar-refractivity contribution in [3.05, 3.63) is 0 Å². The highest BCUT2D eigenvalue weighted by Crippen LogP contribution is 2.37. The van der Waals surface area contributed by atoms with Crippen LogP contribution in [0.5, 0.6) is 0 Å². The second-order valence-electron chi connectivity index (χ2n) is 6.05. The number of hydrogen-bond donors (Lipinski definition) is 1. The third-order valence-corrected chi connectivity index (χ3v) is 4.67. The van der Waals surface area contributed by atoms with Gasteiger partial charge in [0.2, 0.25) is 0 Å². The molecule has 3 atom stereocenters. The van der Waals surface area contributed by atoms with Crippen LogP contribution in [0.2, 0.25) is 0 Å². The Balaban J connectivity index is 1.85. The number of carboxylic acid groups (broad SMARTS) is 1. The molecule has 1 saturated heterocycles. The maximum absolute atomic E-state index is 10.8. The molecule has 3 unspecified atom stereocenters. The highest BCUT2D eigenvalue weighted by molar-refractivity contribution is 5.67. The summed E-state index contributed by atoms with van der Waals surface area (Å²) in [6, 6.07) is 0.717. The molecule has 0 radical (unpaired) electrons. The second kappa shape index (κ2) is 5.38. The van der Waals surface area contributed by atoms with E-state index in [2.05, 4.69) is 18.7 Å². The van der Waals surface area contributed by atoms with Crippen molar-refractivity contribution >= 4 is 5.97 Å². The van der Waals surface area contributed by atoms with Gasteiger partial charge in [0.1, 0.15) is 0 Å². The first-order valence-corrected chi connectivity index (χ1v) is 7.03. The minimum atomic E-state index is -0.648. The average molecular weight is 239 g/mol. The van der Waals surface area contributed by atoms with E-state index in [-0.39, 0.29) is 0 Å². The molecule has 2 fully saturated rings. The molecule has 0 aromatic carbocycles. The zero-order chi connectivity index (χ0) is 12.4. The molecule has 17 heavy (non-hydrogen) atoms. The lowest BCUT2D eigenvalue weighted by molar-refractivity contribution is -0.138. The molecule has 0 amide bonds. The summed E-state index contributed by atoms with van der Waals surface area (Å²) >= 11 is 0. The lowest BCUT2D eigenvalue weighted by Crippen LogP contribution is -2.44. The van der Waals surface area contributed by atoms with Gasteiger partial charge in [0, 0.05) is 19.0 Å². The number of carboxylic acids is 1. The van der Waals surface area contributed by atoms with Crippen molar-refractivity contribution in [1.29, 1.82) is 0 Å². The molecule has 0 spiro atoms. The molecule has 1 heterocycles. The third kappa shape index (κ3) is 3.44. The largest absolute Gasteiger partial charge is 0.481 e. The summed E-state index contributed by atoms with van der Waals surface area (Å²) in [4.78, 5) is 13.4. The lowest BCUT2D eigenvalue weighted by atomic mass is 9.84. The van der Waals surface area contributed by atoms with Gasteiger partial charge in [-0.2, -0.15) is 0 Å². The first-order valence-electron chi connectivity index (χ1n) is 7.03. The van der Waals surface area contributed by atoms with Gasteiger partial charge in [-0.1, -0.05) is 6.92 Å². The highest BCUT2D eigenvalue weighted by Gasteiger charge is 2.35. The Morgan fingerprint density at radius 3 is 2.59 bits per heavy atom. The van der Waals surface area contributed by atoms with Crippen LogP contribution >= 0.6 is 0 Å². The number of hydrogen-bond acceptors (Lipinski definition) is 2. The molecule has 0 aromatic rings. The molecular formula is C14H25NO2. The summed E-state index contributed by atoms with van der Waals surface area (Å²) in [6.45, 7) is 6.78. The van der Waals surface area contributed by atoms with Crippen LogP contribution in [0.25, 0.3) is 0 Å². The molecule has 2 rings (SSSR count). The molecule has 0 aromatic heterocycles. The molecule has 3 nitrogen and oxygen atoms in total. The fourth-order valence-electron chi connectivity index (χ4n) is 3.19. The molecule has 3 heteroatoms. The standard InChI is InChI=1S/C14H25NO2/c1-10(8-14(16)17)13-4-3-7-15(9-13)11(2)12-5-6-12/h10-13H,3-9H2,1-2H3,(H,16,17). The Bertz CT molecular complexity index is 275. The predicted molar refractivity (Wildman–Crippen MR) is 67.9 cm³/mol. The Hall–Kier alpha value is -0.570. The summed E-state index contributed by atoms with van der Waals surface area (Å²) in [5.74, 6) is 1.18. The Labute approximate surface area is 104 Å². The summed E-state index contributed by atoms with van der Waals surface area (Å²) in [7, 11) is 0. The van der Waals surface area contributed by atoms with E-state index in [1.165, 1.54) is 32.2 Å². The van der Waals surface area contributed by atoms with E-state index >= 15 is 0 Å². The van der Waals surface area contributed by atoms with Crippen LogP contribution in [0.3, 0.4) is 0 Å². The maximum Gasteiger partial charge on any atom is 0.303 e. The monoisotopic (exact) mass is 239 g/mol. The molecule has 1 saturated carbocycles. The highest BCUT2D eigenvalue weighted by atomic mass is 16.4. The van der Waals surface area contributed by atoms with Crippen LogP contribution < -0.4 is 0 Å². The Morgan fingerprint density at radius 2 is 2.00 bits per heavy atom. The fraction of sp³-hybridized carbons (Fsp3) is 0.929. The first-order chi connectivity index (χ1) is 8.08. The van der Waals surface area contributed by atoms with E-state index < -0.39 is 5.97 Å². The Morgan fingerprint density at radius 1 is 1.29 bits per heavy atom. The van der Waals surface area contributed by atoms with Crippen LogP contribution in [-0.2, 0) is 4.79 Å². The zero-order valence-electron chi connectivity index (χ0n) is 11.1. The number of aliphatic carboxylic acids is 1. The molecule has 98 valence electrons. The molecular weight excluding hydrogens is 214 g/mol. The van der Waals surface area contributed by atoms with Crippen LogP contribution in [0, 0.1) is 17.8 Å². The van der Waals surface area contributed by atoms with Crippen molar-refractivity contribution in [2.75, 3.05) is 13.1 Å². The summed E-state index contributed by atoms with van der Waals surface area (Å²) in [5, 5.41) is 8.87. The quantitative estimate of drug-likeness (QED) is 0.801. The molecule has 0 bridgehead atoms. The van der Waals surface area contributed by atoms with Gasteiger partial charge in [-0.3, -0.25) is 4.79 Å². The zero-order valence-corrected chi connectivity index (χ0v) is 11.1. The second-order valence-corrected chi connectivity index (χ2v) is 6.05. The van der Waals surface area contributed by atoms with Gasteiger partial charge in [-0.05, 0) is 56.9 Å². The van der Waals surface area contributed by atoms with Gasteiger partial charge in [-0.15, -0.1) is 0 Å². The van der Waals surface area contributed by atoms with Crippen molar-refractivity contribution in [1.82, 2.24) is 4.90 Å². The number of nitrogens with zero attached hydrogens (tertiary/aromatic N) is 1. The van der Waals surface area contributed by atoms with Gasteiger partial charge >= 0.3 is 5.97 Å². The first kappa shape index (κ1) is 12.9. The molecule has 1 aliphatic carbocycles. The molecule has 1 aliphatic heterocycles. The third-order valence-electron chi connectivity index (χ3n) is 4.67. The number of rotatable bonds is 5. The van der Waals surface area contributed by atoms with Crippen molar-refractivity contribution in [3.63, 3.8) is 0 Å². The van der Waals surface area contributed by atoms with Crippen LogP contribution in [0.4, 0.5) is 0 Å². The van der Waals surface area contributed by atoms with Gasteiger partial charge in [0.15, 0.2) is 0 Å². The van der Waals surface area contributed by atoms with E-state index in [0.29, 0.717) is 18.3 Å². The van der Waals surface area contributed by atoms with Gasteiger partial charge in [-0.25, -0.2) is 0 Å². The Kier molecular flexibility index (Phi) is 4.08. The summed E-state index contributed by atoms with van der Waals surface area (Å²) in [5.41, 5.74) is 0. The molecule has 1 N–H and O–H groups in total. The molecule has 2 aliphatic rings. The van der Waals surface area contributed by atoms with Crippen molar-refractivity contribution in [2.24, 2.45) is 17.8 Å². The normalized spacial score (nSPS) is 29.9. The van der Waals surface area contributed by atoms with Crippen molar-refractivity contribution in [2.45, 2.75) is 52.0 Å². The van der Waals surface area contributed by atoms with Crippen molar-refractivity contribution in [3.8, 4) is 0 Å². The van der Waals surface area contributed by atoms with E-state index in [4.69, 9.17) is 5.11 Å². The van der Waals surface area contributed by atoms with E-state index in [0.717, 1.165) is 18.5 Å². The number of likely N-dealkylation sites (tertiary alicyclic amines) is 1. The fourth-order valence-corrected chi connectivity index (χ4v) is 3.19. The number of piperidine rings is 1. The van der Waals surface area contributed by atoms with Gasteiger partial charge < -0.3 is 10.0 Å². The van der Waals surface area contributed by atoms with E-state index in [1.54, 1.807) is 0 Å². The van der Waals surface area contributed by atoms with Gasteiger partial charge in [0.25, 0.3) is 0 Å². The van der Waals surface area contributed by atoms with Gasteiger partial charge in [0.05, 0.1) is 0 Å². The lowest BCUT2D eigenvalue weighted by Gasteiger charge is -2.39.